The van der Waals surface area contributed by atoms with Gasteiger partial charge in [0.25, 0.3) is 0 Å². The number of phosphoric ester groups is 2. The van der Waals surface area contributed by atoms with Crippen LogP contribution in [0.3, 0.4) is 0 Å². The maximum absolute atomic E-state index is 11.7. The molecule has 53 heavy (non-hydrogen) atoms. The van der Waals surface area contributed by atoms with Crippen LogP contribution in [0.4, 0.5) is 0 Å². The van der Waals surface area contributed by atoms with Crippen LogP contribution in [0.1, 0.15) is 45.1 Å². The fourth-order valence-corrected chi connectivity index (χ4v) is 5.62. The Kier molecular flexibility index (Phi) is 22.7. The molecule has 284 valence electrons. The van der Waals surface area contributed by atoms with Crippen molar-refractivity contribution in [3.63, 3.8) is 0 Å². The molecule has 0 saturated carbocycles. The number of carboxylic acid groups (broad SMARTS) is 1. The molecule has 0 fully saturated rings. The third-order valence-corrected chi connectivity index (χ3v) is 8.40. The Bertz CT molecular complexity index is 1570. The van der Waals surface area contributed by atoms with Gasteiger partial charge < -0.3 is 28.3 Å². The van der Waals surface area contributed by atoms with Crippen molar-refractivity contribution in [1.82, 2.24) is 0 Å². The molecule has 0 heterocycles. The Morgan fingerprint density at radius 2 is 0.887 bits per heavy atom. The first-order valence-electron chi connectivity index (χ1n) is 16.4. The van der Waals surface area contributed by atoms with Gasteiger partial charge in [-0.25, -0.2) is 9.13 Å². The summed E-state index contributed by atoms with van der Waals surface area (Å²) in [5, 5.41) is 17.4. The van der Waals surface area contributed by atoms with E-state index in [-0.39, 0.29) is 52.8 Å². The standard InChI is InChI=1S/2C12H11O4P.C8H16O2.C7H8O.Sn.2H/c2*13-17(14,15-11-7-3-1-4-8-11)16-12-9-5-2-6-10-12;1-3-5-6-7(4-2)8(9)10;1-6-2-4-7(8)5-3-6;;;/h2*1-10H,(H,13,14);7H,3-6H2,1-2H3,(H,9,10);2-5,8H,1H3;;;. The summed E-state index contributed by atoms with van der Waals surface area (Å²) in [7, 11) is -8.27. The van der Waals surface area contributed by atoms with E-state index in [2.05, 4.69) is 6.92 Å². The molecule has 0 amide bonds. The summed E-state index contributed by atoms with van der Waals surface area (Å²) < 4.78 is 42.9. The van der Waals surface area contributed by atoms with E-state index in [1.165, 1.54) is 5.56 Å². The van der Waals surface area contributed by atoms with Crippen molar-refractivity contribution in [2.45, 2.75) is 46.5 Å². The molecule has 0 aliphatic heterocycles. The van der Waals surface area contributed by atoms with Crippen molar-refractivity contribution >= 4 is 45.5 Å². The molecule has 5 rings (SSSR count). The summed E-state index contributed by atoms with van der Waals surface area (Å²) in [5.41, 5.74) is 1.17. The van der Waals surface area contributed by atoms with Gasteiger partial charge in [0.2, 0.25) is 0 Å². The molecule has 5 aromatic rings. The molecule has 2 radical (unpaired) electrons. The monoisotopic (exact) mass is 874 g/mol. The van der Waals surface area contributed by atoms with Crippen molar-refractivity contribution in [3.05, 3.63) is 151 Å². The predicted molar refractivity (Wildman–Crippen MR) is 210 cm³/mol. The van der Waals surface area contributed by atoms with Gasteiger partial charge in [-0.05, 0) is 80.4 Å². The Morgan fingerprint density at radius 3 is 1.11 bits per heavy atom. The first-order chi connectivity index (χ1) is 24.8. The van der Waals surface area contributed by atoms with Crippen molar-refractivity contribution in [3.8, 4) is 28.7 Å². The van der Waals surface area contributed by atoms with Crippen LogP contribution in [0.2, 0.25) is 0 Å². The van der Waals surface area contributed by atoms with Crippen LogP contribution in [-0.2, 0) is 13.9 Å². The molecule has 14 heteroatoms. The summed E-state index contributed by atoms with van der Waals surface area (Å²) in [6.07, 6.45) is 3.71. The normalized spacial score (nSPS) is 10.8. The molecule has 5 aromatic carbocycles. The average molecular weight is 873 g/mol. The molecule has 11 nitrogen and oxygen atoms in total. The zero-order chi connectivity index (χ0) is 38.2. The number of aliphatic carboxylic acids is 1. The Labute approximate surface area is 328 Å². The minimum atomic E-state index is -4.14. The number of benzene rings is 5. The summed E-state index contributed by atoms with van der Waals surface area (Å²) in [4.78, 5) is 29.5. The number of phenolic OH excluding ortho intramolecular Hbond substituents is 1. The zero-order valence-electron chi connectivity index (χ0n) is 30.0. The Morgan fingerprint density at radius 1 is 0.585 bits per heavy atom. The van der Waals surface area contributed by atoms with E-state index < -0.39 is 21.6 Å². The average Bonchev–Trinajstić information content (AvgIpc) is 3.11. The number of hydrogen-bond acceptors (Lipinski definition) is 8. The van der Waals surface area contributed by atoms with Crippen molar-refractivity contribution in [1.29, 1.82) is 0 Å². The van der Waals surface area contributed by atoms with E-state index in [9.17, 15) is 23.7 Å². The van der Waals surface area contributed by atoms with E-state index in [1.807, 2.05) is 26.0 Å². The molecule has 4 N–H and O–H groups in total. The van der Waals surface area contributed by atoms with Crippen LogP contribution >= 0.6 is 15.6 Å². The Hall–Kier alpha value is -4.25. The van der Waals surface area contributed by atoms with Crippen LogP contribution in [0.15, 0.2) is 146 Å². The number of rotatable bonds is 13. The second-order valence-electron chi connectivity index (χ2n) is 11.0. The molecule has 0 aliphatic rings. The second kappa shape index (κ2) is 25.7. The zero-order valence-corrected chi connectivity index (χ0v) is 35.8. The molecule has 1 unspecified atom stereocenters. The fourth-order valence-electron chi connectivity index (χ4n) is 3.99. The predicted octanol–water partition coefficient (Wildman–Crippen LogP) is 9.56. The fraction of sp³-hybridized carbons (Fsp3) is 0.205. The number of aromatic hydroxyl groups is 1. The maximum atomic E-state index is 11.7. The van der Waals surface area contributed by atoms with Gasteiger partial charge in [-0.2, -0.15) is 0 Å². The molecule has 0 aromatic heterocycles. The van der Waals surface area contributed by atoms with Crippen LogP contribution in [0.5, 0.6) is 28.7 Å². The molecule has 0 aliphatic carbocycles. The van der Waals surface area contributed by atoms with E-state index in [4.69, 9.17) is 28.3 Å². The van der Waals surface area contributed by atoms with Gasteiger partial charge in [0.05, 0.1) is 5.92 Å². The van der Waals surface area contributed by atoms with Crippen LogP contribution in [-0.4, -0.2) is 49.9 Å². The molecular weight excluding hydrogens is 825 g/mol. The summed E-state index contributed by atoms with van der Waals surface area (Å²) >= 11 is 0. The van der Waals surface area contributed by atoms with Gasteiger partial charge in [-0.15, -0.1) is 0 Å². The van der Waals surface area contributed by atoms with E-state index in [1.54, 1.807) is 133 Å². The minimum absolute atomic E-state index is 0. The number of carboxylic acids is 1. The van der Waals surface area contributed by atoms with Gasteiger partial charge in [0.1, 0.15) is 28.7 Å². The van der Waals surface area contributed by atoms with Gasteiger partial charge in [-0.3, -0.25) is 14.6 Å². The number of unbranched alkanes of at least 4 members (excludes halogenated alkanes) is 1. The first-order valence-corrected chi connectivity index (χ1v) is 19.4. The number of para-hydroxylation sites is 4. The van der Waals surface area contributed by atoms with Gasteiger partial charge in [0.15, 0.2) is 0 Å². The summed E-state index contributed by atoms with van der Waals surface area (Å²) in [6.45, 7) is 5.99. The molecule has 1 atom stereocenters. The van der Waals surface area contributed by atoms with Crippen LogP contribution in [0.25, 0.3) is 0 Å². The topological polar surface area (TPSA) is 169 Å². The van der Waals surface area contributed by atoms with Crippen LogP contribution in [0, 0.1) is 12.8 Å². The SMILES string of the molecule is CCCCC(CC)C(=O)O.Cc1ccc(O)cc1.O=P(O)(Oc1ccccc1)Oc1ccccc1.O=P(O)(Oc1ccccc1)Oc1ccccc1.[SnH2]. The van der Waals surface area contributed by atoms with Crippen molar-refractivity contribution in [2.75, 3.05) is 0 Å². The van der Waals surface area contributed by atoms with E-state index >= 15 is 0 Å². The van der Waals surface area contributed by atoms with Gasteiger partial charge in [0, 0.05) is 0 Å². The molecule has 0 saturated heterocycles. The first kappa shape index (κ1) is 46.8. The van der Waals surface area contributed by atoms with Gasteiger partial charge >= 0.3 is 45.5 Å². The molecule has 0 bridgehead atoms. The summed E-state index contributed by atoms with van der Waals surface area (Å²) in [5.74, 6) is 0.721. The summed E-state index contributed by atoms with van der Waals surface area (Å²) in [6, 6.07) is 40.5. The quantitative estimate of drug-likeness (QED) is 0.0657. The van der Waals surface area contributed by atoms with Crippen molar-refractivity contribution in [2.24, 2.45) is 5.92 Å². The van der Waals surface area contributed by atoms with Gasteiger partial charge in [-0.1, -0.05) is 117 Å². The number of hydrogen-bond donors (Lipinski definition) is 4. The number of carbonyl (C=O) groups is 1. The third kappa shape index (κ3) is 21.8. The van der Waals surface area contributed by atoms with Crippen LogP contribution < -0.4 is 18.1 Å². The number of aryl methyl sites for hydroxylation is 1. The number of phenols is 1. The Balaban J connectivity index is 0.000000368. The molecule has 0 spiro atoms. The molecular formula is C39H48O11P2Sn. The second-order valence-corrected chi connectivity index (χ2v) is 13.6. The van der Waals surface area contributed by atoms with Crippen molar-refractivity contribution < 1.29 is 52.0 Å². The van der Waals surface area contributed by atoms with E-state index in [0.717, 1.165) is 25.7 Å². The number of phosphoric acid groups is 2. The third-order valence-electron chi connectivity index (χ3n) is 6.64. The van der Waals surface area contributed by atoms with E-state index in [0.29, 0.717) is 5.75 Å².